The van der Waals surface area contributed by atoms with E-state index in [-0.39, 0.29) is 60.1 Å². The molecule has 0 aromatic heterocycles. The molecule has 20 nitrogen and oxygen atoms in total. The first-order valence-corrected chi connectivity index (χ1v) is 24.5. The van der Waals surface area contributed by atoms with E-state index in [1.54, 1.807) is 30.3 Å². The number of allylic oxidation sites excluding steroid dienone is 1. The van der Waals surface area contributed by atoms with Crippen molar-refractivity contribution in [3.8, 4) is 0 Å². The number of carbonyl (C=O) groups excluding carboxylic acids is 8. The van der Waals surface area contributed by atoms with Crippen molar-refractivity contribution in [3.05, 3.63) is 64.6 Å². The van der Waals surface area contributed by atoms with E-state index >= 15 is 0 Å². The second-order valence-corrected chi connectivity index (χ2v) is 18.8. The lowest BCUT2D eigenvalue weighted by Crippen LogP contribution is -2.51. The van der Waals surface area contributed by atoms with Crippen LogP contribution in [0.4, 0.5) is 15.3 Å². The molecule has 0 spiro atoms. The van der Waals surface area contributed by atoms with E-state index in [0.29, 0.717) is 120 Å². The van der Waals surface area contributed by atoms with Gasteiger partial charge in [0.1, 0.15) is 12.1 Å². The zero-order chi connectivity index (χ0) is 48.0. The first kappa shape index (κ1) is 51.9. The first-order chi connectivity index (χ1) is 32.3. The summed E-state index contributed by atoms with van der Waals surface area (Å²) >= 11 is 1.85. The molecule has 2 fully saturated rings. The number of imide groups is 1. The quantitative estimate of drug-likeness (QED) is 0.0128. The highest BCUT2D eigenvalue weighted by Gasteiger charge is 2.42. The molecule has 6 atom stereocenters. The summed E-state index contributed by atoms with van der Waals surface area (Å²) < 4.78 is 5.63. The Morgan fingerprint density at radius 1 is 0.896 bits per heavy atom. The summed E-state index contributed by atoms with van der Waals surface area (Å²) in [6.07, 6.45) is 13.9. The third-order valence-corrected chi connectivity index (χ3v) is 13.9. The van der Waals surface area contributed by atoms with Crippen molar-refractivity contribution < 1.29 is 43.1 Å². The number of nitrogens with zero attached hydrogens (tertiary/aromatic N) is 4. The Balaban J connectivity index is 1.02. The van der Waals surface area contributed by atoms with Crippen LogP contribution < -0.4 is 37.2 Å². The minimum Gasteiger partial charge on any atom is -0.442 e. The third kappa shape index (κ3) is 16.9. The van der Waals surface area contributed by atoms with Crippen LogP contribution in [0, 0.1) is 5.41 Å². The van der Waals surface area contributed by atoms with Crippen molar-refractivity contribution in [2.45, 2.75) is 133 Å². The number of thioether (sulfide) groups is 1. The molecule has 1 aliphatic carbocycles. The van der Waals surface area contributed by atoms with Gasteiger partial charge in [-0.05, 0) is 107 Å². The van der Waals surface area contributed by atoms with Crippen molar-refractivity contribution in [2.24, 2.45) is 10.5 Å². The Bertz CT molecular complexity index is 2010. The standard InChI is InChI=1S/C46H65N11O9S/c1-46(23-9-12-33(13-10-24-46)66-45(65)51-26-6-2-8-29-57-38(59)21-22-39(57)60)43(63)52-34(14-5-7-25-49-41(61)31-17-19-32(20-18-31)55-56-47)42(62)50-28-11-27-48-37(58)16-4-3-15-36-40-35(30-67-36)53-44(64)54-40/h9,12,17-22,33-36,40H,2-8,10-11,13-16,23-30H2,1H3,(H,48,58)(H,49,61)(H,50,62)(H,51,65)(H,52,63)(H2,53,54,64)/b12-9+. The summed E-state index contributed by atoms with van der Waals surface area (Å²) in [5, 5.41) is 24.3. The summed E-state index contributed by atoms with van der Waals surface area (Å²) in [4.78, 5) is 104. The number of rotatable bonds is 26. The molecular formula is C46H65N11O9S. The van der Waals surface area contributed by atoms with Crippen LogP contribution in [0.25, 0.3) is 10.4 Å². The van der Waals surface area contributed by atoms with Crippen LogP contribution in [-0.4, -0.2) is 120 Å². The van der Waals surface area contributed by atoms with E-state index in [0.717, 1.165) is 25.0 Å². The van der Waals surface area contributed by atoms with Crippen molar-refractivity contribution >= 4 is 65.0 Å². The second kappa shape index (κ2) is 26.9. The Morgan fingerprint density at radius 3 is 2.40 bits per heavy atom. The molecule has 21 heteroatoms. The predicted octanol–water partition coefficient (Wildman–Crippen LogP) is 4.69. The SMILES string of the molecule is CC1(C(=O)NC(CCCCNC(=O)c2ccc(N=[N+]=[N-])cc2)C(=O)NCCCNC(=O)CCCCC2SCC3NC(=O)NC32)C/C=C/C(OC(=O)NCCCCCN2C(=O)C=CC2=O)CCC1. The minimum absolute atomic E-state index is 0.0566. The van der Waals surface area contributed by atoms with Crippen LogP contribution in [0.5, 0.6) is 0 Å². The number of carbonyl (C=O) groups is 8. The number of azide groups is 1. The van der Waals surface area contributed by atoms with Crippen LogP contribution in [-0.2, 0) is 28.7 Å². The summed E-state index contributed by atoms with van der Waals surface area (Å²) in [6, 6.07) is 5.60. The van der Waals surface area contributed by atoms with Crippen LogP contribution >= 0.6 is 11.8 Å². The zero-order valence-electron chi connectivity index (χ0n) is 38.2. The number of urea groups is 1. The van der Waals surface area contributed by atoms with E-state index in [1.165, 1.54) is 17.1 Å². The number of ether oxygens (including phenoxy) is 1. The van der Waals surface area contributed by atoms with Crippen LogP contribution in [0.3, 0.4) is 0 Å². The minimum atomic E-state index is -0.846. The molecule has 7 N–H and O–H groups in total. The van der Waals surface area contributed by atoms with Gasteiger partial charge in [0.05, 0.1) is 12.1 Å². The number of hydrogen-bond acceptors (Lipinski definition) is 11. The summed E-state index contributed by atoms with van der Waals surface area (Å²) in [5.74, 6) is -0.685. The lowest BCUT2D eigenvalue weighted by molar-refractivity contribution is -0.137. The lowest BCUT2D eigenvalue weighted by atomic mass is 9.78. The number of unbranched alkanes of at least 4 members (excludes halogenated alkanes) is 4. The van der Waals surface area contributed by atoms with Gasteiger partial charge in [0.15, 0.2) is 0 Å². The van der Waals surface area contributed by atoms with Crippen molar-refractivity contribution in [1.82, 2.24) is 42.1 Å². The highest BCUT2D eigenvalue weighted by Crippen LogP contribution is 2.34. The van der Waals surface area contributed by atoms with Gasteiger partial charge in [-0.1, -0.05) is 36.7 Å². The number of benzene rings is 1. The van der Waals surface area contributed by atoms with Gasteiger partial charge in [0.25, 0.3) is 17.7 Å². The third-order valence-electron chi connectivity index (χ3n) is 12.3. The molecule has 0 radical (unpaired) electrons. The second-order valence-electron chi connectivity index (χ2n) is 17.6. The van der Waals surface area contributed by atoms with Crippen LogP contribution in [0.1, 0.15) is 114 Å². The smallest absolute Gasteiger partial charge is 0.407 e. The first-order valence-electron chi connectivity index (χ1n) is 23.5. The summed E-state index contributed by atoms with van der Waals surface area (Å²) in [7, 11) is 0. The molecule has 4 aliphatic rings. The van der Waals surface area contributed by atoms with E-state index in [9.17, 15) is 38.4 Å². The number of fused-ring (bicyclic) bond motifs is 1. The highest BCUT2D eigenvalue weighted by atomic mass is 32.2. The van der Waals surface area contributed by atoms with Gasteiger partial charge >= 0.3 is 12.1 Å². The van der Waals surface area contributed by atoms with E-state index in [1.807, 2.05) is 24.8 Å². The molecule has 9 amide bonds. The van der Waals surface area contributed by atoms with Gasteiger partial charge in [0.2, 0.25) is 17.7 Å². The highest BCUT2D eigenvalue weighted by molar-refractivity contribution is 8.00. The van der Waals surface area contributed by atoms with Gasteiger partial charge in [0, 0.05) is 83.9 Å². The average Bonchev–Trinajstić information content (AvgIpc) is 3.97. The molecule has 3 aliphatic heterocycles. The number of nitrogens with one attached hydrogen (secondary N) is 7. The number of alkyl carbamates (subject to hydrolysis) is 1. The zero-order valence-corrected chi connectivity index (χ0v) is 39.0. The van der Waals surface area contributed by atoms with Gasteiger partial charge < -0.3 is 42.0 Å². The largest absolute Gasteiger partial charge is 0.442 e. The molecule has 3 heterocycles. The average molecular weight is 948 g/mol. The van der Waals surface area contributed by atoms with Gasteiger partial charge in [-0.3, -0.25) is 33.7 Å². The van der Waals surface area contributed by atoms with Crippen LogP contribution in [0.2, 0.25) is 0 Å². The molecule has 364 valence electrons. The molecule has 0 saturated carbocycles. The normalized spacial score (nSPS) is 22.8. The Kier molecular flexibility index (Phi) is 20.8. The Morgan fingerprint density at radius 2 is 1.63 bits per heavy atom. The van der Waals surface area contributed by atoms with Gasteiger partial charge in [-0.2, -0.15) is 11.8 Å². The van der Waals surface area contributed by atoms with Gasteiger partial charge in [-0.25, -0.2) is 9.59 Å². The molecular weight excluding hydrogens is 883 g/mol. The fourth-order valence-corrected chi connectivity index (χ4v) is 9.94. The molecule has 67 heavy (non-hydrogen) atoms. The fraction of sp³-hybridized carbons (Fsp3) is 0.609. The monoisotopic (exact) mass is 947 g/mol. The molecule has 1 aromatic carbocycles. The number of hydrogen-bond donors (Lipinski definition) is 7. The number of amides is 9. The summed E-state index contributed by atoms with van der Waals surface area (Å²) in [5.41, 5.74) is 8.59. The van der Waals surface area contributed by atoms with Gasteiger partial charge in [-0.15, -0.1) is 0 Å². The molecule has 5 rings (SSSR count). The Labute approximate surface area is 395 Å². The lowest BCUT2D eigenvalue weighted by Gasteiger charge is -2.31. The molecule has 0 bridgehead atoms. The van der Waals surface area contributed by atoms with E-state index in [2.05, 4.69) is 47.2 Å². The molecule has 1 aromatic rings. The topological polar surface area (TPSA) is 282 Å². The van der Waals surface area contributed by atoms with Crippen molar-refractivity contribution in [1.29, 1.82) is 0 Å². The maximum atomic E-state index is 13.9. The molecule has 2 saturated heterocycles. The van der Waals surface area contributed by atoms with Crippen LogP contribution in [0.15, 0.2) is 53.7 Å². The maximum absolute atomic E-state index is 13.9. The predicted molar refractivity (Wildman–Crippen MR) is 252 cm³/mol. The molecule has 6 unspecified atom stereocenters. The maximum Gasteiger partial charge on any atom is 0.407 e. The fourth-order valence-electron chi connectivity index (χ4n) is 8.39. The van der Waals surface area contributed by atoms with E-state index in [4.69, 9.17) is 10.3 Å². The van der Waals surface area contributed by atoms with Crippen molar-refractivity contribution in [2.75, 3.05) is 38.5 Å². The van der Waals surface area contributed by atoms with E-state index < -0.39 is 23.7 Å². The summed E-state index contributed by atoms with van der Waals surface area (Å²) in [6.45, 7) is 3.58. The van der Waals surface area contributed by atoms with Crippen molar-refractivity contribution in [3.63, 3.8) is 0 Å². The Hall–Kier alpha value is -6.08.